The first-order valence-corrected chi connectivity index (χ1v) is 68.3. The molecule has 0 heterocycles. The first kappa shape index (κ1) is 90.9. The number of nitrogens with two attached hydrogens (primary N) is 12. The molecule has 0 bridgehead atoms. The Morgan fingerprint density at radius 2 is 0.270 bits per heavy atom. The minimum absolute atomic E-state index is 0.440. The van der Waals surface area contributed by atoms with Crippen molar-refractivity contribution in [2.45, 2.75) is 254 Å². The molecular formula is C52H144N12O12Si13. The molecule has 0 saturated heterocycles. The van der Waals surface area contributed by atoms with Crippen molar-refractivity contribution in [3.8, 4) is 0 Å². The summed E-state index contributed by atoms with van der Waals surface area (Å²) in [6.45, 7) is 40.8. The summed E-state index contributed by atoms with van der Waals surface area (Å²) in [6.07, 6.45) is 8.65. The van der Waals surface area contributed by atoms with E-state index in [1.165, 1.54) is 0 Å². The van der Waals surface area contributed by atoms with Crippen molar-refractivity contribution in [2.75, 3.05) is 78.5 Å². The van der Waals surface area contributed by atoms with Crippen LogP contribution in [0, 0.1) is 0 Å². The maximum atomic E-state index is 7.83. The Bertz CT molecular complexity index is 1890. The van der Waals surface area contributed by atoms with Gasteiger partial charge in [0.1, 0.15) is 0 Å². The molecule has 0 rings (SSSR count). The van der Waals surface area contributed by atoms with Crippen LogP contribution in [0.1, 0.15) is 77.0 Å². The molecule has 24 nitrogen and oxygen atoms in total. The van der Waals surface area contributed by atoms with Crippen LogP contribution in [0.3, 0.4) is 0 Å². The Labute approximate surface area is 558 Å². The van der Waals surface area contributed by atoms with Crippen molar-refractivity contribution in [2.24, 2.45) is 68.8 Å². The molecule has 0 spiro atoms. The summed E-state index contributed by atoms with van der Waals surface area (Å²) in [5.74, 6) is 0. The molecule has 89 heavy (non-hydrogen) atoms. The summed E-state index contributed by atoms with van der Waals surface area (Å²) in [4.78, 5) is 0. The smallest absolute Gasteiger partial charge is 0.317 e. The quantitative estimate of drug-likeness (QED) is 0.0268. The molecule has 11 atom stereocenters. The minimum Gasteiger partial charge on any atom is -0.437 e. The monoisotopic (exact) mass is 1490 g/mol. The van der Waals surface area contributed by atoms with Gasteiger partial charge in [-0.15, -0.1) is 0 Å². The van der Waals surface area contributed by atoms with Gasteiger partial charge in [0.05, 0.1) is 0 Å². The lowest BCUT2D eigenvalue weighted by molar-refractivity contribution is 0.234. The van der Waals surface area contributed by atoms with Crippen LogP contribution >= 0.6 is 0 Å². The van der Waals surface area contributed by atoms with Crippen LogP contribution in [-0.4, -0.2) is 189 Å². The molecule has 0 aliphatic carbocycles. The minimum atomic E-state index is -3.36. The second kappa shape index (κ2) is 43.4. The fraction of sp³-hybridized carbons (Fsp3) is 1.00. The van der Waals surface area contributed by atoms with E-state index in [0.717, 1.165) is 50.2 Å². The van der Waals surface area contributed by atoms with Crippen molar-refractivity contribution in [1.29, 1.82) is 0 Å². The Kier molecular flexibility index (Phi) is 44.3. The predicted octanol–water partition coefficient (Wildman–Crippen LogP) is 7.20. The maximum Gasteiger partial charge on any atom is 0.317 e. The van der Waals surface area contributed by atoms with E-state index in [9.17, 15) is 0 Å². The maximum absolute atomic E-state index is 7.83. The van der Waals surface area contributed by atoms with Gasteiger partial charge in [0.2, 0.25) is 0 Å². The van der Waals surface area contributed by atoms with Crippen molar-refractivity contribution in [1.82, 2.24) is 0 Å². The summed E-state index contributed by atoms with van der Waals surface area (Å²) in [5, 5.41) is 0. The highest BCUT2D eigenvalue weighted by Crippen LogP contribution is 2.41. The Hall–Kier alpha value is 1.86. The lowest BCUT2D eigenvalue weighted by atomic mass is 10.5. The Morgan fingerprint density at radius 1 is 0.157 bits per heavy atom. The third kappa shape index (κ3) is 38.7. The van der Waals surface area contributed by atoms with Crippen LogP contribution in [0.4, 0.5) is 0 Å². The standard InChI is InChI=1S/C52H144N12O12Si13/c1-77(2,3)65-79(6,42-18-30-54)67-81(8,44-20-32-56)69-83(10,46-22-34-58)71-85(12,48-24-36-60)73-87(14,50-26-38-62)75-89(16,52-28-40-64)76-88(15,51-27-39-63)74-86(13,49-25-37-61)72-84(11,47-23-35-59)70-82(9,45-21-33-57)68-80(7,43-19-31-55)66-78(4,5)41-17-29-53/h17-64H2,1-16H3. The zero-order valence-electron chi connectivity index (χ0n) is 59.8. The highest BCUT2D eigenvalue weighted by atomic mass is 28.5. The fourth-order valence-electron chi connectivity index (χ4n) is 12.4. The van der Waals surface area contributed by atoms with Crippen molar-refractivity contribution in [3.05, 3.63) is 0 Å². The highest BCUT2D eigenvalue weighted by molar-refractivity contribution is 6.95. The van der Waals surface area contributed by atoms with E-state index in [2.05, 4.69) is 105 Å². The molecule has 0 saturated carbocycles. The molecule has 24 N–H and O–H groups in total. The van der Waals surface area contributed by atoms with Gasteiger partial charge in [0.15, 0.2) is 16.6 Å². The zero-order valence-corrected chi connectivity index (χ0v) is 72.8. The topological polar surface area (TPSA) is 423 Å². The number of hydrogen-bond donors (Lipinski definition) is 12. The van der Waals surface area contributed by atoms with Gasteiger partial charge in [-0.1, -0.05) is 0 Å². The lowest BCUT2D eigenvalue weighted by Gasteiger charge is -2.49. The molecule has 0 aromatic carbocycles. The first-order chi connectivity index (χ1) is 41.2. The molecule has 0 aromatic rings. The molecule has 37 heteroatoms. The van der Waals surface area contributed by atoms with Gasteiger partial charge in [-0.2, -0.15) is 0 Å². The van der Waals surface area contributed by atoms with Gasteiger partial charge in [-0.3, -0.25) is 0 Å². The largest absolute Gasteiger partial charge is 0.437 e. The molecule has 0 aliphatic rings. The normalized spacial score (nSPS) is 20.4. The lowest BCUT2D eigenvalue weighted by Crippen LogP contribution is -2.66. The summed E-state index contributed by atoms with van der Waals surface area (Å²) in [7, 11) is -39.3. The third-order valence-corrected chi connectivity index (χ3v) is 73.6. The van der Waals surface area contributed by atoms with E-state index in [-0.39, 0.29) is 0 Å². The molecule has 0 aliphatic heterocycles. The summed E-state index contributed by atoms with van der Waals surface area (Å²) in [6, 6.07) is 8.03. The molecule has 536 valence electrons. The van der Waals surface area contributed by atoms with Gasteiger partial charge >= 0.3 is 94.2 Å². The Morgan fingerprint density at radius 3 is 0.393 bits per heavy atom. The third-order valence-electron chi connectivity index (χ3n) is 15.5. The summed E-state index contributed by atoms with van der Waals surface area (Å²) in [5.41, 5.74) is 75.6. The van der Waals surface area contributed by atoms with Crippen molar-refractivity contribution >= 4 is 111 Å². The van der Waals surface area contributed by atoms with Crippen molar-refractivity contribution in [3.63, 3.8) is 0 Å². The number of hydrogen-bond acceptors (Lipinski definition) is 24. The van der Waals surface area contributed by atoms with E-state index in [1.54, 1.807) is 0 Å². The fourth-order valence-corrected chi connectivity index (χ4v) is 84.5. The van der Waals surface area contributed by atoms with E-state index in [0.29, 0.717) is 178 Å². The van der Waals surface area contributed by atoms with Crippen LogP contribution in [-0.2, 0) is 49.4 Å². The molecule has 0 aromatic heterocycles. The van der Waals surface area contributed by atoms with Gasteiger partial charge in [0, 0.05) is 0 Å². The average molecular weight is 1490 g/mol. The molecular weight excluding hydrogens is 1350 g/mol. The van der Waals surface area contributed by atoms with Crippen LogP contribution in [0.5, 0.6) is 0 Å². The summed E-state index contributed by atoms with van der Waals surface area (Å²) >= 11 is 0. The van der Waals surface area contributed by atoms with Gasteiger partial charge in [0.25, 0.3) is 0 Å². The second-order valence-corrected chi connectivity index (χ2v) is 76.8. The average Bonchev–Trinajstić information content (AvgIpc) is 0.965. The van der Waals surface area contributed by atoms with Gasteiger partial charge in [-0.25, -0.2) is 0 Å². The highest BCUT2D eigenvalue weighted by Gasteiger charge is 2.58. The SMILES string of the molecule is C[Si](C)(C)O[Si](C)(CCCN)O[Si](C)(CCCN)O[Si](C)(CCCN)O[Si](C)(CCCN)O[Si](C)(CCCN)O[Si](C)(CCCN)O[Si](C)(CCCN)O[Si](C)(CCCN)O[Si](C)(CCCN)O[Si](C)(CCCN)O[Si](C)(CCCN)O[Si](C)(C)CCCN. The first-order valence-electron chi connectivity index (χ1n) is 34.0. The number of rotatable bonds is 60. The van der Waals surface area contributed by atoms with Crippen LogP contribution in [0.25, 0.3) is 0 Å². The van der Waals surface area contributed by atoms with Crippen LogP contribution in [0.2, 0.25) is 177 Å². The van der Waals surface area contributed by atoms with Gasteiger partial charge < -0.3 is 118 Å². The van der Waals surface area contributed by atoms with Crippen LogP contribution < -0.4 is 68.8 Å². The van der Waals surface area contributed by atoms with E-state index < -0.39 is 111 Å². The van der Waals surface area contributed by atoms with Crippen LogP contribution in [0.15, 0.2) is 0 Å². The van der Waals surface area contributed by atoms with Crippen molar-refractivity contribution < 1.29 is 49.4 Å². The van der Waals surface area contributed by atoms with E-state index >= 15 is 0 Å². The van der Waals surface area contributed by atoms with E-state index in [1.807, 2.05) is 0 Å². The summed E-state index contributed by atoms with van der Waals surface area (Å²) < 4.78 is 91.3. The Balaban J connectivity index is 8.18. The predicted molar refractivity (Wildman–Crippen MR) is 403 cm³/mol. The molecule has 0 amide bonds. The molecule has 0 radical (unpaired) electrons. The molecule has 11 unspecified atom stereocenters. The zero-order chi connectivity index (χ0) is 68.4. The molecule has 0 fully saturated rings. The second-order valence-electron chi connectivity index (χ2n) is 28.3. The van der Waals surface area contributed by atoms with E-state index in [4.69, 9.17) is 118 Å². The van der Waals surface area contributed by atoms with Gasteiger partial charge in [-0.05, 0) is 333 Å².